The van der Waals surface area contributed by atoms with E-state index in [1.54, 1.807) is 12.4 Å². The van der Waals surface area contributed by atoms with Crippen LogP contribution < -0.4 is 0 Å². The summed E-state index contributed by atoms with van der Waals surface area (Å²) in [6.45, 7) is 0. The number of aromatic amines is 1. The molecule has 0 amide bonds. The van der Waals surface area contributed by atoms with Gasteiger partial charge < -0.3 is 4.98 Å². The van der Waals surface area contributed by atoms with Gasteiger partial charge in [0.05, 0.1) is 17.4 Å². The van der Waals surface area contributed by atoms with E-state index in [4.69, 9.17) is 5.26 Å². The zero-order valence-electron chi connectivity index (χ0n) is 6.07. The molecular weight excluding hydrogens is 170 g/mol. The van der Waals surface area contributed by atoms with Gasteiger partial charge in [-0.25, -0.2) is 4.98 Å². The van der Waals surface area contributed by atoms with Crippen molar-refractivity contribution in [2.45, 2.75) is 4.90 Å². The van der Waals surface area contributed by atoms with E-state index in [9.17, 15) is 0 Å². The summed E-state index contributed by atoms with van der Waals surface area (Å²) in [5.74, 6) is 0. The smallest absolute Gasteiger partial charge is 0.107 e. The highest BCUT2D eigenvalue weighted by Crippen LogP contribution is 2.20. The zero-order valence-corrected chi connectivity index (χ0v) is 6.97. The standard InChI is InChI=1S/C8H5N3S/c9-3-5-7(12)2-1-6-8(5)11-4-10-6/h1-2,4,12H,(H,10,11). The van der Waals surface area contributed by atoms with E-state index in [1.165, 1.54) is 0 Å². The van der Waals surface area contributed by atoms with Gasteiger partial charge in [-0.2, -0.15) is 5.26 Å². The van der Waals surface area contributed by atoms with Gasteiger partial charge in [0.1, 0.15) is 11.6 Å². The fourth-order valence-electron chi connectivity index (χ4n) is 1.11. The van der Waals surface area contributed by atoms with Gasteiger partial charge in [-0.05, 0) is 12.1 Å². The Hall–Kier alpha value is -1.47. The molecule has 0 fully saturated rings. The van der Waals surface area contributed by atoms with E-state index < -0.39 is 0 Å². The summed E-state index contributed by atoms with van der Waals surface area (Å²) in [5, 5.41) is 8.78. The number of nitrogens with one attached hydrogen (secondary N) is 1. The Kier molecular flexibility index (Phi) is 1.52. The summed E-state index contributed by atoms with van der Waals surface area (Å²) in [6.07, 6.45) is 1.57. The van der Waals surface area contributed by atoms with Crippen LogP contribution in [0.25, 0.3) is 11.0 Å². The predicted molar refractivity (Wildman–Crippen MR) is 48.1 cm³/mol. The van der Waals surface area contributed by atoms with Gasteiger partial charge in [-0.1, -0.05) is 0 Å². The molecule has 0 radical (unpaired) electrons. The molecule has 4 heteroatoms. The maximum atomic E-state index is 8.78. The lowest BCUT2D eigenvalue weighted by molar-refractivity contribution is 1.34. The van der Waals surface area contributed by atoms with Crippen molar-refractivity contribution in [1.29, 1.82) is 5.26 Å². The SMILES string of the molecule is N#Cc1c(S)ccc2[nH]cnc12. The Labute approximate surface area is 74.5 Å². The Morgan fingerprint density at radius 3 is 3.08 bits per heavy atom. The van der Waals surface area contributed by atoms with E-state index in [-0.39, 0.29) is 0 Å². The Balaban J connectivity index is 2.94. The summed E-state index contributed by atoms with van der Waals surface area (Å²) >= 11 is 4.15. The second-order valence-corrected chi connectivity index (χ2v) is 2.85. The maximum Gasteiger partial charge on any atom is 0.107 e. The first-order valence-electron chi connectivity index (χ1n) is 3.38. The Bertz CT molecular complexity index is 467. The van der Waals surface area contributed by atoms with Crippen molar-refractivity contribution in [3.63, 3.8) is 0 Å². The molecular formula is C8H5N3S. The van der Waals surface area contributed by atoms with Gasteiger partial charge in [0, 0.05) is 4.90 Å². The average Bonchev–Trinajstić information content (AvgIpc) is 2.52. The summed E-state index contributed by atoms with van der Waals surface area (Å²) in [5.41, 5.74) is 2.08. The highest BCUT2D eigenvalue weighted by atomic mass is 32.1. The fourth-order valence-corrected chi connectivity index (χ4v) is 1.34. The number of benzene rings is 1. The third-order valence-corrected chi connectivity index (χ3v) is 2.05. The summed E-state index contributed by atoms with van der Waals surface area (Å²) in [4.78, 5) is 7.61. The van der Waals surface area contributed by atoms with Crippen molar-refractivity contribution < 1.29 is 0 Å². The van der Waals surface area contributed by atoms with Gasteiger partial charge in [0.2, 0.25) is 0 Å². The molecule has 0 aliphatic rings. The van der Waals surface area contributed by atoms with E-state index >= 15 is 0 Å². The molecule has 0 atom stereocenters. The molecule has 1 aromatic carbocycles. The predicted octanol–water partition coefficient (Wildman–Crippen LogP) is 1.72. The quantitative estimate of drug-likeness (QED) is 0.599. The van der Waals surface area contributed by atoms with E-state index in [2.05, 4.69) is 28.7 Å². The number of hydrogen-bond donors (Lipinski definition) is 2. The van der Waals surface area contributed by atoms with Crippen molar-refractivity contribution >= 4 is 23.7 Å². The minimum atomic E-state index is 0.525. The van der Waals surface area contributed by atoms with Crippen LogP contribution in [0.5, 0.6) is 0 Å². The van der Waals surface area contributed by atoms with Gasteiger partial charge in [-0.15, -0.1) is 12.6 Å². The molecule has 58 valence electrons. The highest BCUT2D eigenvalue weighted by Gasteiger charge is 2.05. The van der Waals surface area contributed by atoms with Crippen LogP contribution in [0.15, 0.2) is 23.4 Å². The van der Waals surface area contributed by atoms with E-state index in [1.807, 2.05) is 6.07 Å². The minimum absolute atomic E-state index is 0.525. The van der Waals surface area contributed by atoms with Gasteiger partial charge in [0.25, 0.3) is 0 Å². The molecule has 0 aliphatic heterocycles. The van der Waals surface area contributed by atoms with Crippen LogP contribution in [0.1, 0.15) is 5.56 Å². The average molecular weight is 175 g/mol. The molecule has 0 aliphatic carbocycles. The zero-order chi connectivity index (χ0) is 8.55. The van der Waals surface area contributed by atoms with Crippen LogP contribution in [0.2, 0.25) is 0 Å². The third-order valence-electron chi connectivity index (χ3n) is 1.68. The van der Waals surface area contributed by atoms with Crippen molar-refractivity contribution in [1.82, 2.24) is 9.97 Å². The molecule has 0 saturated carbocycles. The van der Waals surface area contributed by atoms with Gasteiger partial charge in [-0.3, -0.25) is 0 Å². The van der Waals surface area contributed by atoms with Crippen LogP contribution in [0.4, 0.5) is 0 Å². The maximum absolute atomic E-state index is 8.78. The summed E-state index contributed by atoms with van der Waals surface area (Å²) in [7, 11) is 0. The number of fused-ring (bicyclic) bond motifs is 1. The first kappa shape index (κ1) is 7.19. The minimum Gasteiger partial charge on any atom is -0.345 e. The van der Waals surface area contributed by atoms with Gasteiger partial charge in [0.15, 0.2) is 0 Å². The topological polar surface area (TPSA) is 52.5 Å². The number of nitriles is 1. The van der Waals surface area contributed by atoms with Crippen LogP contribution in [0, 0.1) is 11.3 Å². The van der Waals surface area contributed by atoms with Crippen molar-refractivity contribution in [2.75, 3.05) is 0 Å². The molecule has 1 aromatic heterocycles. The molecule has 0 unspecified atom stereocenters. The van der Waals surface area contributed by atoms with Crippen molar-refractivity contribution in [3.05, 3.63) is 24.0 Å². The monoisotopic (exact) mass is 175 g/mol. The van der Waals surface area contributed by atoms with Crippen LogP contribution in [-0.2, 0) is 0 Å². The number of aromatic nitrogens is 2. The lowest BCUT2D eigenvalue weighted by Crippen LogP contribution is -1.80. The molecule has 1 N–H and O–H groups in total. The number of nitrogens with zero attached hydrogens (tertiary/aromatic N) is 2. The molecule has 2 rings (SSSR count). The fraction of sp³-hybridized carbons (Fsp3) is 0. The molecule has 2 aromatic rings. The Morgan fingerprint density at radius 2 is 2.33 bits per heavy atom. The third kappa shape index (κ3) is 0.874. The molecule has 0 saturated heterocycles. The van der Waals surface area contributed by atoms with E-state index in [0.29, 0.717) is 16.0 Å². The molecule has 3 nitrogen and oxygen atoms in total. The first-order valence-corrected chi connectivity index (χ1v) is 3.83. The number of imidazole rings is 1. The lowest BCUT2D eigenvalue weighted by atomic mass is 10.2. The number of H-pyrrole nitrogens is 1. The first-order chi connectivity index (χ1) is 5.83. The summed E-state index contributed by atoms with van der Waals surface area (Å²) < 4.78 is 0. The van der Waals surface area contributed by atoms with E-state index in [0.717, 1.165) is 5.52 Å². The van der Waals surface area contributed by atoms with Crippen LogP contribution in [-0.4, -0.2) is 9.97 Å². The van der Waals surface area contributed by atoms with Crippen LogP contribution >= 0.6 is 12.6 Å². The normalized spacial score (nSPS) is 10.0. The van der Waals surface area contributed by atoms with Crippen molar-refractivity contribution in [3.8, 4) is 6.07 Å². The molecule has 12 heavy (non-hydrogen) atoms. The lowest BCUT2D eigenvalue weighted by Gasteiger charge is -1.94. The second-order valence-electron chi connectivity index (χ2n) is 2.37. The highest BCUT2D eigenvalue weighted by molar-refractivity contribution is 7.80. The number of rotatable bonds is 0. The molecule has 0 bridgehead atoms. The molecule has 1 heterocycles. The number of thiol groups is 1. The molecule has 0 spiro atoms. The largest absolute Gasteiger partial charge is 0.345 e. The Morgan fingerprint density at radius 1 is 1.50 bits per heavy atom. The van der Waals surface area contributed by atoms with Crippen molar-refractivity contribution in [2.24, 2.45) is 0 Å². The van der Waals surface area contributed by atoms with Crippen LogP contribution in [0.3, 0.4) is 0 Å². The summed E-state index contributed by atoms with van der Waals surface area (Å²) in [6, 6.07) is 5.70. The second kappa shape index (κ2) is 2.54. The number of hydrogen-bond acceptors (Lipinski definition) is 3. The van der Waals surface area contributed by atoms with Gasteiger partial charge >= 0.3 is 0 Å².